The molecule has 1 fully saturated rings. The number of carboxylic acids is 1. The van der Waals surface area contributed by atoms with Gasteiger partial charge in [0, 0.05) is 0 Å². The standard InChI is InChI=1S/C23H23NO4S2/c1-3-4-5-16-6-10-18(11-7-16)24-21(25)20(30-23(24)29)14-17-8-12-19(13-9-17)28-15(2)22(26)27/h6-15H,3-5H2,1-2H3,(H,26,27)/b20-14+. The van der Waals surface area contributed by atoms with E-state index in [-0.39, 0.29) is 5.91 Å². The molecule has 2 aromatic carbocycles. The van der Waals surface area contributed by atoms with Crippen LogP contribution in [0.4, 0.5) is 5.69 Å². The molecular weight excluding hydrogens is 418 g/mol. The average molecular weight is 442 g/mol. The quantitative estimate of drug-likeness (QED) is 0.444. The van der Waals surface area contributed by atoms with Gasteiger partial charge in [-0.3, -0.25) is 9.69 Å². The summed E-state index contributed by atoms with van der Waals surface area (Å²) in [5.41, 5.74) is 2.83. The van der Waals surface area contributed by atoms with E-state index < -0.39 is 12.1 Å². The van der Waals surface area contributed by atoms with Gasteiger partial charge >= 0.3 is 5.97 Å². The van der Waals surface area contributed by atoms with Gasteiger partial charge in [0.1, 0.15) is 5.75 Å². The number of anilines is 1. The Balaban J connectivity index is 1.72. The summed E-state index contributed by atoms with van der Waals surface area (Å²) in [6.45, 7) is 3.63. The monoisotopic (exact) mass is 441 g/mol. The molecule has 0 saturated carbocycles. The number of thiocarbonyl (C=S) groups is 1. The Hall–Kier alpha value is -2.64. The Kier molecular flexibility index (Phi) is 7.29. The largest absolute Gasteiger partial charge is 0.479 e. The van der Waals surface area contributed by atoms with Crippen LogP contribution < -0.4 is 9.64 Å². The number of rotatable bonds is 8. The number of aliphatic carboxylic acids is 1. The number of carbonyl (C=O) groups is 2. The van der Waals surface area contributed by atoms with Crippen molar-refractivity contribution in [3.05, 3.63) is 64.6 Å². The van der Waals surface area contributed by atoms with Crippen LogP contribution in [0.15, 0.2) is 53.4 Å². The predicted molar refractivity (Wildman–Crippen MR) is 125 cm³/mol. The van der Waals surface area contributed by atoms with Crippen LogP contribution in [0.1, 0.15) is 37.8 Å². The highest BCUT2D eigenvalue weighted by Gasteiger charge is 2.33. The maximum absolute atomic E-state index is 12.9. The molecule has 1 heterocycles. The van der Waals surface area contributed by atoms with Crippen molar-refractivity contribution in [2.45, 2.75) is 39.2 Å². The van der Waals surface area contributed by atoms with Crippen molar-refractivity contribution in [2.75, 3.05) is 4.90 Å². The van der Waals surface area contributed by atoms with E-state index in [4.69, 9.17) is 22.1 Å². The molecule has 1 saturated heterocycles. The molecule has 1 unspecified atom stereocenters. The maximum atomic E-state index is 12.9. The van der Waals surface area contributed by atoms with Crippen molar-refractivity contribution < 1.29 is 19.4 Å². The highest BCUT2D eigenvalue weighted by molar-refractivity contribution is 8.27. The Labute approximate surface area is 185 Å². The summed E-state index contributed by atoms with van der Waals surface area (Å²) in [4.78, 5) is 25.9. The van der Waals surface area contributed by atoms with Gasteiger partial charge < -0.3 is 9.84 Å². The molecule has 1 atom stereocenters. The lowest BCUT2D eigenvalue weighted by Crippen LogP contribution is -2.27. The third kappa shape index (κ3) is 5.29. The molecule has 0 aromatic heterocycles. The van der Waals surface area contributed by atoms with Crippen molar-refractivity contribution in [3.63, 3.8) is 0 Å². The molecule has 30 heavy (non-hydrogen) atoms. The first-order chi connectivity index (χ1) is 14.4. The van der Waals surface area contributed by atoms with E-state index in [1.165, 1.54) is 24.2 Å². The van der Waals surface area contributed by atoms with Gasteiger partial charge in [0.2, 0.25) is 0 Å². The molecule has 2 aromatic rings. The molecule has 0 bridgehead atoms. The lowest BCUT2D eigenvalue weighted by Gasteiger charge is -2.15. The second-order valence-electron chi connectivity index (χ2n) is 6.95. The van der Waals surface area contributed by atoms with Gasteiger partial charge in [-0.1, -0.05) is 61.6 Å². The van der Waals surface area contributed by atoms with Crippen LogP contribution in [-0.2, 0) is 16.0 Å². The minimum absolute atomic E-state index is 0.147. The molecule has 7 heteroatoms. The smallest absolute Gasteiger partial charge is 0.344 e. The average Bonchev–Trinajstić information content (AvgIpc) is 3.01. The van der Waals surface area contributed by atoms with Crippen LogP contribution in [0, 0.1) is 0 Å². The molecule has 0 aliphatic carbocycles. The van der Waals surface area contributed by atoms with Gasteiger partial charge in [0.05, 0.1) is 10.6 Å². The second-order valence-corrected chi connectivity index (χ2v) is 8.63. The first-order valence-corrected chi connectivity index (χ1v) is 11.0. The Morgan fingerprint density at radius 1 is 1.20 bits per heavy atom. The molecule has 1 aliphatic heterocycles. The molecule has 1 aliphatic rings. The molecule has 156 valence electrons. The second kappa shape index (κ2) is 9.91. The minimum atomic E-state index is -1.03. The van der Waals surface area contributed by atoms with E-state index in [1.54, 1.807) is 35.2 Å². The first kappa shape index (κ1) is 22.1. The highest BCUT2D eigenvalue weighted by atomic mass is 32.2. The first-order valence-electron chi connectivity index (χ1n) is 9.75. The number of ether oxygens (including phenoxy) is 1. The lowest BCUT2D eigenvalue weighted by atomic mass is 10.1. The van der Waals surface area contributed by atoms with Crippen molar-refractivity contribution >= 4 is 51.9 Å². The SMILES string of the molecule is CCCCc1ccc(N2C(=O)/C(=C\c3ccc(OC(C)C(=O)O)cc3)SC2=S)cc1. The van der Waals surface area contributed by atoms with Crippen LogP contribution in [0.3, 0.4) is 0 Å². The Morgan fingerprint density at radius 2 is 1.87 bits per heavy atom. The lowest BCUT2D eigenvalue weighted by molar-refractivity contribution is -0.144. The number of unbranched alkanes of at least 4 members (excludes halogenated alkanes) is 1. The number of hydrogen-bond donors (Lipinski definition) is 1. The fourth-order valence-corrected chi connectivity index (χ4v) is 4.23. The summed E-state index contributed by atoms with van der Waals surface area (Å²) in [6.07, 6.45) is 4.16. The van der Waals surface area contributed by atoms with Crippen molar-refractivity contribution in [3.8, 4) is 5.75 Å². The van der Waals surface area contributed by atoms with E-state index in [9.17, 15) is 9.59 Å². The summed E-state index contributed by atoms with van der Waals surface area (Å²) in [5, 5.41) is 8.92. The summed E-state index contributed by atoms with van der Waals surface area (Å²) in [5.74, 6) is -0.718. The van der Waals surface area contributed by atoms with Crippen molar-refractivity contribution in [2.24, 2.45) is 0 Å². The summed E-state index contributed by atoms with van der Waals surface area (Å²) < 4.78 is 5.83. The zero-order valence-corrected chi connectivity index (χ0v) is 18.5. The normalized spacial score (nSPS) is 16.2. The topological polar surface area (TPSA) is 66.8 Å². The number of benzene rings is 2. The van der Waals surface area contributed by atoms with Crippen LogP contribution in [0.2, 0.25) is 0 Å². The number of carboxylic acid groups (broad SMARTS) is 1. The number of aryl methyl sites for hydroxylation is 1. The fraction of sp³-hybridized carbons (Fsp3) is 0.261. The molecule has 3 rings (SSSR count). The van der Waals surface area contributed by atoms with Gasteiger partial charge in [-0.05, 0) is 61.2 Å². The number of carbonyl (C=O) groups excluding carboxylic acids is 1. The summed E-state index contributed by atoms with van der Waals surface area (Å²) >= 11 is 6.71. The van der Waals surface area contributed by atoms with E-state index in [1.807, 2.05) is 24.3 Å². The van der Waals surface area contributed by atoms with Crippen molar-refractivity contribution in [1.82, 2.24) is 0 Å². The fourth-order valence-electron chi connectivity index (χ4n) is 2.93. The van der Waals surface area contributed by atoms with Gasteiger partial charge in [-0.15, -0.1) is 0 Å². The van der Waals surface area contributed by atoms with Gasteiger partial charge in [-0.2, -0.15) is 0 Å². The van der Waals surface area contributed by atoms with Crippen LogP contribution in [-0.4, -0.2) is 27.4 Å². The number of nitrogens with zero attached hydrogens (tertiary/aromatic N) is 1. The minimum Gasteiger partial charge on any atom is -0.479 e. The van der Waals surface area contributed by atoms with Crippen molar-refractivity contribution in [1.29, 1.82) is 0 Å². The molecule has 0 spiro atoms. The van der Waals surface area contributed by atoms with Gasteiger partial charge in [0.15, 0.2) is 10.4 Å². The third-order valence-electron chi connectivity index (χ3n) is 4.65. The van der Waals surface area contributed by atoms with Crippen LogP contribution >= 0.6 is 24.0 Å². The number of hydrogen-bond acceptors (Lipinski definition) is 5. The maximum Gasteiger partial charge on any atom is 0.344 e. The van der Waals surface area contributed by atoms with Crippen LogP contribution in [0.5, 0.6) is 5.75 Å². The molecule has 1 amide bonds. The van der Waals surface area contributed by atoms with E-state index in [2.05, 4.69) is 6.92 Å². The van der Waals surface area contributed by atoms with Gasteiger partial charge in [0.25, 0.3) is 5.91 Å². The van der Waals surface area contributed by atoms with E-state index in [0.717, 1.165) is 30.5 Å². The molecule has 5 nitrogen and oxygen atoms in total. The van der Waals surface area contributed by atoms with E-state index in [0.29, 0.717) is 15.0 Å². The highest BCUT2D eigenvalue weighted by Crippen LogP contribution is 2.36. The predicted octanol–water partition coefficient (Wildman–Crippen LogP) is 5.29. The molecular formula is C23H23NO4S2. The number of amides is 1. The number of thioether (sulfide) groups is 1. The third-order valence-corrected chi connectivity index (χ3v) is 5.95. The summed E-state index contributed by atoms with van der Waals surface area (Å²) in [6, 6.07) is 14.9. The van der Waals surface area contributed by atoms with E-state index >= 15 is 0 Å². The molecule has 1 N–H and O–H groups in total. The Bertz CT molecular complexity index is 968. The summed E-state index contributed by atoms with van der Waals surface area (Å²) in [7, 11) is 0. The van der Waals surface area contributed by atoms with Crippen LogP contribution in [0.25, 0.3) is 6.08 Å². The zero-order chi connectivity index (χ0) is 21.7. The zero-order valence-electron chi connectivity index (χ0n) is 16.8. The van der Waals surface area contributed by atoms with Gasteiger partial charge in [-0.25, -0.2) is 4.79 Å². The molecule has 0 radical (unpaired) electrons. The Morgan fingerprint density at radius 3 is 2.47 bits per heavy atom.